The van der Waals surface area contributed by atoms with Gasteiger partial charge in [-0.05, 0) is 0 Å². The van der Waals surface area contributed by atoms with E-state index in [-0.39, 0.29) is 19.2 Å². The molecule has 0 aromatic carbocycles. The van der Waals surface area contributed by atoms with Crippen molar-refractivity contribution in [2.75, 3.05) is 26.4 Å². The van der Waals surface area contributed by atoms with E-state index in [4.69, 9.17) is 10.2 Å². The van der Waals surface area contributed by atoms with Gasteiger partial charge in [0.25, 0.3) is 0 Å². The summed E-state index contributed by atoms with van der Waals surface area (Å²) in [7, 11) is 0. The van der Waals surface area contributed by atoms with E-state index in [1.165, 1.54) is 0 Å². The zero-order valence-corrected chi connectivity index (χ0v) is 7.60. The molecule has 0 aliphatic carbocycles. The Labute approximate surface area is 76.7 Å². The third kappa shape index (κ3) is 2.16. The molecule has 1 unspecified atom stereocenters. The predicted molar refractivity (Wildman–Crippen MR) is 44.9 cm³/mol. The van der Waals surface area contributed by atoms with Crippen LogP contribution in [0.5, 0.6) is 0 Å². The van der Waals surface area contributed by atoms with Gasteiger partial charge < -0.3 is 10.2 Å². The van der Waals surface area contributed by atoms with E-state index in [0.29, 0.717) is 13.1 Å². The van der Waals surface area contributed by atoms with Crippen molar-refractivity contribution in [3.63, 3.8) is 0 Å². The van der Waals surface area contributed by atoms with Gasteiger partial charge in [-0.25, -0.2) is 10.0 Å². The van der Waals surface area contributed by atoms with E-state index in [9.17, 15) is 4.79 Å². The first kappa shape index (κ1) is 10.4. The zero-order valence-electron chi connectivity index (χ0n) is 7.60. The Hall–Kier alpha value is -0.690. The number of aliphatic hydroxyl groups excluding tert-OH is 2. The minimum Gasteiger partial charge on any atom is -0.395 e. The summed E-state index contributed by atoms with van der Waals surface area (Å²) in [6, 6.07) is 0. The topological polar surface area (TPSA) is 76.0 Å². The highest BCUT2D eigenvalue weighted by Gasteiger charge is 2.31. The van der Waals surface area contributed by atoms with E-state index in [0.717, 1.165) is 5.01 Å². The molecule has 0 bridgehead atoms. The Balaban J connectivity index is 2.62. The number of nitrogens with one attached hydrogen (secondary N) is 1. The average molecular weight is 189 g/mol. The fourth-order valence-electron chi connectivity index (χ4n) is 1.26. The molecule has 1 amide bonds. The van der Waals surface area contributed by atoms with Crippen molar-refractivity contribution in [3.05, 3.63) is 0 Å². The minimum absolute atomic E-state index is 0.187. The monoisotopic (exact) mass is 189 g/mol. The maximum atomic E-state index is 11.4. The first-order chi connectivity index (χ1) is 6.22. The summed E-state index contributed by atoms with van der Waals surface area (Å²) in [5.41, 5.74) is 2.72. The van der Waals surface area contributed by atoms with Crippen LogP contribution in [-0.4, -0.2) is 52.6 Å². The molecule has 0 radical (unpaired) electrons. The third-order valence-electron chi connectivity index (χ3n) is 2.06. The quantitative estimate of drug-likeness (QED) is 0.485. The van der Waals surface area contributed by atoms with Crippen LogP contribution in [0.1, 0.15) is 6.92 Å². The molecule has 13 heavy (non-hydrogen) atoms. The summed E-state index contributed by atoms with van der Waals surface area (Å²) in [6.07, 6.45) is 0. The van der Waals surface area contributed by atoms with Crippen LogP contribution in [0, 0.1) is 5.92 Å². The first-order valence-corrected chi connectivity index (χ1v) is 4.27. The molecule has 0 saturated carbocycles. The van der Waals surface area contributed by atoms with Crippen molar-refractivity contribution in [1.82, 2.24) is 15.6 Å². The lowest BCUT2D eigenvalue weighted by Crippen LogP contribution is -2.62. The maximum absolute atomic E-state index is 11.4. The Morgan fingerprint density at radius 3 is 2.77 bits per heavy atom. The Kier molecular flexibility index (Phi) is 3.61. The van der Waals surface area contributed by atoms with Gasteiger partial charge in [0.2, 0.25) is 5.91 Å². The van der Waals surface area contributed by atoms with E-state index < -0.39 is 5.92 Å². The summed E-state index contributed by atoms with van der Waals surface area (Å²) in [4.78, 5) is 11.4. The van der Waals surface area contributed by atoms with Crippen LogP contribution in [0.4, 0.5) is 0 Å². The lowest BCUT2D eigenvalue weighted by Gasteiger charge is -2.37. The van der Waals surface area contributed by atoms with Crippen molar-refractivity contribution < 1.29 is 15.0 Å². The second-order valence-corrected chi connectivity index (χ2v) is 2.93. The summed E-state index contributed by atoms with van der Waals surface area (Å²) in [6.45, 7) is 2.54. The average Bonchev–Trinajstić information content (AvgIpc) is 2.18. The number of carbonyl (C=O) groups is 1. The SMILES string of the molecule is CCN1CC(CO)C(=O)N(CO)N1. The summed E-state index contributed by atoms with van der Waals surface area (Å²) >= 11 is 0. The molecular weight excluding hydrogens is 174 g/mol. The largest absolute Gasteiger partial charge is 0.395 e. The van der Waals surface area contributed by atoms with Crippen molar-refractivity contribution in [2.24, 2.45) is 5.92 Å². The van der Waals surface area contributed by atoms with Gasteiger partial charge in [-0.2, -0.15) is 5.53 Å². The second kappa shape index (κ2) is 4.52. The van der Waals surface area contributed by atoms with Gasteiger partial charge in [-0.1, -0.05) is 6.92 Å². The highest BCUT2D eigenvalue weighted by Crippen LogP contribution is 2.08. The molecular formula is C7H15N3O3. The third-order valence-corrected chi connectivity index (χ3v) is 2.06. The van der Waals surface area contributed by atoms with Crippen LogP contribution >= 0.6 is 0 Å². The van der Waals surface area contributed by atoms with E-state index in [1.54, 1.807) is 5.01 Å². The van der Waals surface area contributed by atoms with E-state index in [1.807, 2.05) is 6.92 Å². The molecule has 1 fully saturated rings. The normalized spacial score (nSPS) is 25.3. The number of nitrogens with zero attached hydrogens (tertiary/aromatic N) is 2. The molecule has 76 valence electrons. The van der Waals surface area contributed by atoms with E-state index in [2.05, 4.69) is 5.53 Å². The Morgan fingerprint density at radius 2 is 2.31 bits per heavy atom. The number of hydrogen-bond donors (Lipinski definition) is 3. The molecule has 1 atom stereocenters. The van der Waals surface area contributed by atoms with Gasteiger partial charge in [0.05, 0.1) is 12.5 Å². The van der Waals surface area contributed by atoms with Crippen LogP contribution < -0.4 is 5.53 Å². The summed E-state index contributed by atoms with van der Waals surface area (Å²) < 4.78 is 0. The predicted octanol–water partition coefficient (Wildman–Crippen LogP) is -1.87. The highest BCUT2D eigenvalue weighted by molar-refractivity contribution is 5.79. The van der Waals surface area contributed by atoms with Crippen molar-refractivity contribution >= 4 is 5.91 Å². The fraction of sp³-hybridized carbons (Fsp3) is 0.857. The van der Waals surface area contributed by atoms with Gasteiger partial charge >= 0.3 is 0 Å². The number of hydrogen-bond acceptors (Lipinski definition) is 5. The molecule has 0 aromatic rings. The molecule has 0 spiro atoms. The molecule has 6 heteroatoms. The standard InChI is InChI=1S/C7H15N3O3/c1-2-9-3-6(4-11)7(13)10(5-12)8-9/h6,8,11-12H,2-5H2,1H3. The van der Waals surface area contributed by atoms with Crippen LogP contribution in [-0.2, 0) is 4.79 Å². The maximum Gasteiger partial charge on any atom is 0.246 e. The number of carbonyl (C=O) groups excluding carboxylic acids is 1. The van der Waals surface area contributed by atoms with Gasteiger partial charge in [-0.15, -0.1) is 0 Å². The molecule has 1 saturated heterocycles. The molecule has 0 aromatic heterocycles. The van der Waals surface area contributed by atoms with Crippen LogP contribution in [0.2, 0.25) is 0 Å². The molecule has 1 heterocycles. The highest BCUT2D eigenvalue weighted by atomic mass is 16.3. The van der Waals surface area contributed by atoms with Gasteiger partial charge in [0.15, 0.2) is 0 Å². The van der Waals surface area contributed by atoms with Crippen molar-refractivity contribution in [1.29, 1.82) is 0 Å². The van der Waals surface area contributed by atoms with Crippen molar-refractivity contribution in [2.45, 2.75) is 6.92 Å². The second-order valence-electron chi connectivity index (χ2n) is 2.93. The van der Waals surface area contributed by atoms with Crippen LogP contribution in [0.25, 0.3) is 0 Å². The van der Waals surface area contributed by atoms with Crippen LogP contribution in [0.15, 0.2) is 0 Å². The summed E-state index contributed by atoms with van der Waals surface area (Å²) in [5, 5.41) is 20.6. The number of rotatable bonds is 3. The Bertz CT molecular complexity index is 172. The molecule has 6 nitrogen and oxygen atoms in total. The van der Waals surface area contributed by atoms with Crippen LogP contribution in [0.3, 0.4) is 0 Å². The number of amides is 1. The number of aliphatic hydroxyl groups is 2. The lowest BCUT2D eigenvalue weighted by molar-refractivity contribution is -0.164. The summed E-state index contributed by atoms with van der Waals surface area (Å²) in [5.74, 6) is -0.706. The smallest absolute Gasteiger partial charge is 0.246 e. The van der Waals surface area contributed by atoms with Gasteiger partial charge in [0.1, 0.15) is 6.73 Å². The molecule has 3 N–H and O–H groups in total. The molecule has 1 aliphatic rings. The van der Waals surface area contributed by atoms with Gasteiger partial charge in [-0.3, -0.25) is 4.79 Å². The minimum atomic E-state index is -0.437. The molecule has 1 aliphatic heterocycles. The van der Waals surface area contributed by atoms with E-state index >= 15 is 0 Å². The number of hydrazine groups is 2. The van der Waals surface area contributed by atoms with Crippen molar-refractivity contribution in [3.8, 4) is 0 Å². The fourth-order valence-corrected chi connectivity index (χ4v) is 1.26. The Morgan fingerprint density at radius 1 is 1.62 bits per heavy atom. The molecule has 1 rings (SSSR count). The lowest BCUT2D eigenvalue weighted by atomic mass is 10.1. The zero-order chi connectivity index (χ0) is 9.84. The first-order valence-electron chi connectivity index (χ1n) is 4.27. The van der Waals surface area contributed by atoms with Gasteiger partial charge in [0, 0.05) is 13.1 Å².